The number of halogens is 34. The number of hydrogen-bond donors (Lipinski definition) is 0. The second-order valence-electron chi connectivity index (χ2n) is 12.2. The lowest BCUT2D eigenvalue weighted by molar-refractivity contribution is -0.505. The molecule has 0 N–H and O–H groups in total. The van der Waals surface area contributed by atoms with Crippen LogP contribution in [-0.4, -0.2) is 132 Å². The number of ether oxygens (including phenoxy) is 2. The molecule has 0 rings (SSSR count). The summed E-state index contributed by atoms with van der Waals surface area (Å²) < 4.78 is 557. The third-order valence-corrected chi connectivity index (χ3v) is 13.8. The lowest BCUT2D eigenvalue weighted by Gasteiger charge is -2.43. The molecule has 0 aromatic rings. The highest BCUT2D eigenvalue weighted by atomic mass is 32.3. The van der Waals surface area contributed by atoms with E-state index in [9.17, 15) is 183 Å². The largest absolute Gasteiger partial charge is 0.483 e. The minimum Gasteiger partial charge on any atom is -0.425 e. The average molecular weight is 1200 g/mol. The summed E-state index contributed by atoms with van der Waals surface area (Å²) in [7, 11) is -39.2. The maximum Gasteiger partial charge on any atom is 0.483 e. The fraction of sp³-hybridized carbons (Fsp3) is 1.00. The first-order valence-electron chi connectivity index (χ1n) is 14.1. The molecule has 0 heterocycles. The molecule has 0 aromatic heterocycles. The van der Waals surface area contributed by atoms with Crippen LogP contribution in [0.2, 0.25) is 0 Å². The molecular weight excluding hydrogens is 1190 g/mol. The molecule has 1 atom stereocenters. The van der Waals surface area contributed by atoms with E-state index in [-0.39, 0.29) is 0 Å². The zero-order valence-corrected chi connectivity index (χ0v) is 33.2. The average Bonchev–Trinajstić information content (AvgIpc) is 3.04. The van der Waals surface area contributed by atoms with Crippen molar-refractivity contribution < 1.29 is 192 Å². The van der Waals surface area contributed by atoms with Gasteiger partial charge >= 0.3 is 92.9 Å². The standard InChI is InChI=1S/C19H6F34N2O10S4/c1-3(20,21)5(23,24)6(25,26)4(2,22)64-13(40,41)7(27,28)9(31,32)16(46,47)66(56,57)54-68(60,61)18(50,51)11(35,36)19(52,53)69(62,63)55-67(58,59)17(48,49)10(33,34)8(29,30)14(42,43)65-15(44,45)12(37,38)39/h1-2H3/q-2. The molecule has 12 nitrogen and oxygen atoms in total. The molecule has 1 unspecified atom stereocenters. The van der Waals surface area contributed by atoms with Crippen LogP contribution in [-0.2, 0) is 49.6 Å². The van der Waals surface area contributed by atoms with Crippen molar-refractivity contribution in [2.45, 2.75) is 113 Å². The van der Waals surface area contributed by atoms with Crippen molar-refractivity contribution in [1.29, 1.82) is 0 Å². The first-order chi connectivity index (χ1) is 28.8. The van der Waals surface area contributed by atoms with Crippen molar-refractivity contribution in [2.24, 2.45) is 0 Å². The van der Waals surface area contributed by atoms with Gasteiger partial charge in [-0.25, -0.2) is 42.8 Å². The highest BCUT2D eigenvalue weighted by Gasteiger charge is 2.89. The predicted octanol–water partition coefficient (Wildman–Crippen LogP) is 9.59. The zero-order valence-electron chi connectivity index (χ0n) is 30.0. The van der Waals surface area contributed by atoms with Gasteiger partial charge in [-0.1, -0.05) is 0 Å². The highest BCUT2D eigenvalue weighted by molar-refractivity contribution is 8.14. The first-order valence-corrected chi connectivity index (χ1v) is 19.9. The van der Waals surface area contributed by atoms with Crippen LogP contribution in [0.1, 0.15) is 13.8 Å². The Bertz CT molecular complexity index is 2390. The van der Waals surface area contributed by atoms with Crippen molar-refractivity contribution in [2.75, 3.05) is 0 Å². The van der Waals surface area contributed by atoms with Crippen LogP contribution in [0, 0.1) is 0 Å². The van der Waals surface area contributed by atoms with Gasteiger partial charge in [-0.2, -0.15) is 145 Å². The summed E-state index contributed by atoms with van der Waals surface area (Å²) in [5.74, 6) is -75.0. The summed E-state index contributed by atoms with van der Waals surface area (Å²) in [5.41, 5.74) is 0. The SMILES string of the molecule is CC(F)(F)C(F)(F)C(F)(F)C(C)(F)OC(F)(F)C(F)(F)C(F)(F)C(F)(F)S(=O)(=O)[N-]S(=O)(=O)C(F)(F)C(F)(F)C(F)(F)S(=O)(=O)[N-]S(=O)(=O)C(F)(F)C(F)(F)C(F)(F)C(F)(F)OC(F)(F)C(F)(F)F. The van der Waals surface area contributed by atoms with E-state index in [4.69, 9.17) is 0 Å². The minimum atomic E-state index is -9.86. The molecule has 0 saturated heterocycles. The lowest BCUT2D eigenvalue weighted by Crippen LogP contribution is -2.69. The number of rotatable bonds is 23. The van der Waals surface area contributed by atoms with Gasteiger partial charge in [0.25, 0.3) is 5.85 Å². The summed E-state index contributed by atoms with van der Waals surface area (Å²) in [5, 5.41) is -36.6. The molecule has 0 radical (unpaired) electrons. The zero-order chi connectivity index (χ0) is 57.3. The number of sulfonamides is 4. The van der Waals surface area contributed by atoms with Crippen LogP contribution in [0.4, 0.5) is 149 Å². The molecule has 69 heavy (non-hydrogen) atoms. The third-order valence-electron chi connectivity index (χ3n) is 7.08. The lowest BCUT2D eigenvalue weighted by atomic mass is 9.99. The summed E-state index contributed by atoms with van der Waals surface area (Å²) in [6, 6.07) is 0. The van der Waals surface area contributed by atoms with Gasteiger partial charge in [0.15, 0.2) is 40.1 Å². The molecule has 416 valence electrons. The summed E-state index contributed by atoms with van der Waals surface area (Å²) in [6.07, 6.45) is -33.0. The van der Waals surface area contributed by atoms with Crippen molar-refractivity contribution in [3.8, 4) is 0 Å². The maximum atomic E-state index is 14.3. The van der Waals surface area contributed by atoms with Crippen LogP contribution in [0.3, 0.4) is 0 Å². The normalized spacial score (nSPS) is 17.8. The molecule has 0 aliphatic carbocycles. The Labute approximate surface area is 353 Å². The third kappa shape index (κ3) is 9.56. The van der Waals surface area contributed by atoms with E-state index in [1.807, 2.05) is 0 Å². The van der Waals surface area contributed by atoms with Crippen molar-refractivity contribution in [1.82, 2.24) is 0 Å². The number of hydrogen-bond acceptors (Lipinski definition) is 10. The van der Waals surface area contributed by atoms with Gasteiger partial charge < -0.3 is 8.25 Å². The minimum absolute atomic E-state index is 0.480. The molecule has 0 fully saturated rings. The smallest absolute Gasteiger partial charge is 0.425 e. The Morgan fingerprint density at radius 2 is 0.493 bits per heavy atom. The van der Waals surface area contributed by atoms with Gasteiger partial charge in [0.2, 0.25) is 0 Å². The topological polar surface area (TPSA) is 183 Å². The van der Waals surface area contributed by atoms with Crippen LogP contribution in [0.25, 0.3) is 8.25 Å². The maximum absolute atomic E-state index is 14.3. The van der Waals surface area contributed by atoms with E-state index < -0.39 is 161 Å². The molecule has 0 aromatic carbocycles. The molecule has 0 amide bonds. The summed E-state index contributed by atoms with van der Waals surface area (Å²) in [4.78, 5) is 0. The van der Waals surface area contributed by atoms with Gasteiger partial charge in [-0.05, 0) is 0 Å². The van der Waals surface area contributed by atoms with Crippen molar-refractivity contribution in [3.05, 3.63) is 8.25 Å². The fourth-order valence-electron chi connectivity index (χ4n) is 3.20. The van der Waals surface area contributed by atoms with Gasteiger partial charge in [-0.15, -0.1) is 0 Å². The molecule has 0 bridgehead atoms. The molecule has 50 heteroatoms. The van der Waals surface area contributed by atoms with Crippen LogP contribution >= 0.6 is 0 Å². The second-order valence-corrected chi connectivity index (χ2v) is 19.2. The number of nitrogens with zero attached hydrogens (tertiary/aromatic N) is 2. The van der Waals surface area contributed by atoms with E-state index >= 15 is 0 Å². The molecule has 0 aliphatic heterocycles. The van der Waals surface area contributed by atoms with E-state index in [0.717, 1.165) is 4.74 Å². The Morgan fingerprint density at radius 3 is 0.710 bits per heavy atom. The van der Waals surface area contributed by atoms with E-state index in [2.05, 4.69) is 0 Å². The van der Waals surface area contributed by atoms with E-state index in [1.165, 1.54) is 4.74 Å². The van der Waals surface area contributed by atoms with E-state index in [0.29, 0.717) is 0 Å². The van der Waals surface area contributed by atoms with Crippen molar-refractivity contribution in [3.63, 3.8) is 0 Å². The van der Waals surface area contributed by atoms with Gasteiger partial charge in [0, 0.05) is 13.8 Å². The molecule has 0 saturated carbocycles. The molecular formula is C19H6F34N2O10S4-2. The summed E-state index contributed by atoms with van der Waals surface area (Å²) >= 11 is 0. The van der Waals surface area contributed by atoms with E-state index in [1.54, 1.807) is 0 Å². The second kappa shape index (κ2) is 16.6. The summed E-state index contributed by atoms with van der Waals surface area (Å²) in [6.45, 7) is -3.18. The van der Waals surface area contributed by atoms with Crippen LogP contribution < -0.4 is 0 Å². The quantitative estimate of drug-likeness (QED) is 0.0893. The first kappa shape index (κ1) is 66.3. The Kier molecular flexibility index (Phi) is 16.0. The molecule has 0 aliphatic rings. The van der Waals surface area contributed by atoms with Gasteiger partial charge in [0.05, 0.1) is 0 Å². The van der Waals surface area contributed by atoms with Gasteiger partial charge in [-0.3, -0.25) is 4.74 Å². The fourth-order valence-corrected chi connectivity index (χ4v) is 8.64. The Balaban J connectivity index is 7.42. The van der Waals surface area contributed by atoms with Gasteiger partial charge in [0.1, 0.15) is 0 Å². The monoisotopic (exact) mass is 1200 g/mol. The Hall–Kier alpha value is -2.74. The predicted molar refractivity (Wildman–Crippen MR) is 140 cm³/mol. The molecule has 0 spiro atoms. The Morgan fingerprint density at radius 1 is 0.275 bits per heavy atom. The highest BCUT2D eigenvalue weighted by Crippen LogP contribution is 2.62. The number of alkyl halides is 34. The van der Waals surface area contributed by atoms with Crippen molar-refractivity contribution >= 4 is 40.1 Å². The van der Waals surface area contributed by atoms with Crippen LogP contribution in [0.5, 0.6) is 0 Å². The van der Waals surface area contributed by atoms with Crippen LogP contribution in [0.15, 0.2) is 0 Å².